The molecule has 0 amide bonds. The number of hydrogen-bond acceptors (Lipinski definition) is 0. The highest BCUT2D eigenvalue weighted by molar-refractivity contribution is 6.10. The van der Waals surface area contributed by atoms with Gasteiger partial charge in [-0.25, -0.2) is 0 Å². The number of fused-ring (bicyclic) bond motifs is 6. The maximum atomic E-state index is 8.87. The fraction of sp³-hybridized carbons (Fsp3) is 0.100. The van der Waals surface area contributed by atoms with Crippen molar-refractivity contribution < 1.29 is 11.0 Å². The van der Waals surface area contributed by atoms with Gasteiger partial charge < -0.3 is 9.13 Å². The minimum absolute atomic E-state index is 0.00206. The summed E-state index contributed by atoms with van der Waals surface area (Å²) < 4.78 is 72.6. The molecule has 0 radical (unpaired) electrons. The normalized spacial score (nSPS) is 14.8. The molecular weight excluding hydrogens is 508 g/mol. The summed E-state index contributed by atoms with van der Waals surface area (Å²) in [7, 11) is 0. The monoisotopic (exact) mass is 548 g/mol. The highest BCUT2D eigenvalue weighted by Gasteiger charge is 2.18. The van der Waals surface area contributed by atoms with Crippen molar-refractivity contribution in [1.82, 2.24) is 9.13 Å². The molecule has 0 bridgehead atoms. The van der Waals surface area contributed by atoms with Crippen LogP contribution < -0.4 is 0 Å². The van der Waals surface area contributed by atoms with E-state index >= 15 is 0 Å². The van der Waals surface area contributed by atoms with Gasteiger partial charge in [0.05, 0.1) is 33.0 Å². The molecule has 2 aromatic heterocycles. The van der Waals surface area contributed by atoms with Crippen molar-refractivity contribution in [3.8, 4) is 22.5 Å². The van der Waals surface area contributed by atoms with Crippen molar-refractivity contribution in [2.45, 2.75) is 26.2 Å². The average Bonchev–Trinajstić information content (AvgIpc) is 3.65. The summed E-state index contributed by atoms with van der Waals surface area (Å²) in [4.78, 5) is 0. The lowest BCUT2D eigenvalue weighted by molar-refractivity contribution is 0.591. The molecule has 2 heterocycles. The Morgan fingerprint density at radius 3 is 1.64 bits per heavy atom. The Labute approximate surface area is 257 Å². The van der Waals surface area contributed by atoms with Gasteiger partial charge in [-0.2, -0.15) is 0 Å². The zero-order chi connectivity index (χ0) is 35.4. The third-order valence-corrected chi connectivity index (χ3v) is 8.11. The van der Waals surface area contributed by atoms with Crippen molar-refractivity contribution in [2.24, 2.45) is 0 Å². The van der Waals surface area contributed by atoms with Crippen molar-refractivity contribution in [1.29, 1.82) is 0 Å². The van der Waals surface area contributed by atoms with Crippen LogP contribution in [0.1, 0.15) is 37.3 Å². The molecule has 2 heteroatoms. The van der Waals surface area contributed by atoms with Gasteiger partial charge in [0.1, 0.15) is 0 Å². The molecule has 42 heavy (non-hydrogen) atoms. The van der Waals surface area contributed by atoms with Gasteiger partial charge in [0.15, 0.2) is 0 Å². The topological polar surface area (TPSA) is 9.86 Å². The molecule has 2 nitrogen and oxygen atoms in total. The maximum absolute atomic E-state index is 8.87. The third-order valence-electron chi connectivity index (χ3n) is 8.11. The second-order valence-corrected chi connectivity index (χ2v) is 11.7. The van der Waals surface area contributed by atoms with E-state index in [1.807, 2.05) is 36.4 Å². The standard InChI is InChI=1S/C40H32N2/c1-40(2,3)29-22-23-39-35(26-29)34-18-6-9-21-38(34)42(39)31-15-11-13-28(25-31)27-12-10-14-30(24-27)41-36-19-7-4-16-32(36)33-17-5-8-20-37(33)41/h4-26H,1-3H3/i4D,5D,7D,8D,16D,17D,19D,20D. The minimum atomic E-state index is -0.459. The van der Waals surface area contributed by atoms with Gasteiger partial charge in [-0.1, -0.05) is 106 Å². The van der Waals surface area contributed by atoms with Crippen molar-refractivity contribution >= 4 is 43.6 Å². The number of aromatic nitrogens is 2. The first kappa shape index (κ1) is 17.7. The van der Waals surface area contributed by atoms with Crippen LogP contribution in [0.3, 0.4) is 0 Å². The van der Waals surface area contributed by atoms with Crippen LogP contribution in [0.4, 0.5) is 0 Å². The Hall–Kier alpha value is -5.08. The SMILES string of the molecule is [2H]c1c([2H])c([2H])c2c(c1[2H])c1c([2H])c([2H])c([2H])c([2H])c1n2-c1cccc(-c2cccc(-n3c4ccccc4c4cc(C(C)(C)C)ccc43)c2)c1. The zero-order valence-electron chi connectivity index (χ0n) is 31.6. The minimum Gasteiger partial charge on any atom is -0.309 e. The van der Waals surface area contributed by atoms with Crippen LogP contribution in [0.15, 0.2) is 139 Å². The van der Waals surface area contributed by atoms with Crippen molar-refractivity contribution in [2.75, 3.05) is 0 Å². The molecule has 0 saturated heterocycles. The number of nitrogens with zero attached hydrogens (tertiary/aromatic N) is 2. The lowest BCUT2D eigenvalue weighted by atomic mass is 9.86. The van der Waals surface area contributed by atoms with Crippen LogP contribution in [0.2, 0.25) is 0 Å². The van der Waals surface area contributed by atoms with E-state index in [0.29, 0.717) is 5.69 Å². The van der Waals surface area contributed by atoms with Crippen molar-refractivity contribution in [3.05, 3.63) is 145 Å². The summed E-state index contributed by atoms with van der Waals surface area (Å²) in [5.41, 5.74) is 6.87. The predicted octanol–water partition coefficient (Wildman–Crippen LogP) is 10.8. The second kappa shape index (κ2) is 9.22. The Balaban J connectivity index is 1.36. The quantitative estimate of drug-likeness (QED) is 0.208. The summed E-state index contributed by atoms with van der Waals surface area (Å²) in [6.45, 7) is 6.65. The van der Waals surface area contributed by atoms with Crippen LogP contribution in [0.5, 0.6) is 0 Å². The highest BCUT2D eigenvalue weighted by atomic mass is 15.0. The summed E-state index contributed by atoms with van der Waals surface area (Å²) in [5.74, 6) is 0. The molecule has 0 N–H and O–H groups in total. The Morgan fingerprint density at radius 1 is 0.476 bits per heavy atom. The first-order valence-corrected chi connectivity index (χ1v) is 14.0. The van der Waals surface area contributed by atoms with Gasteiger partial charge >= 0.3 is 0 Å². The number of para-hydroxylation sites is 3. The van der Waals surface area contributed by atoms with E-state index in [-0.39, 0.29) is 51.4 Å². The molecule has 8 rings (SSSR count). The van der Waals surface area contributed by atoms with Crippen LogP contribution >= 0.6 is 0 Å². The lowest BCUT2D eigenvalue weighted by Gasteiger charge is -2.19. The molecule has 8 aromatic rings. The molecular formula is C40H32N2. The first-order valence-electron chi connectivity index (χ1n) is 18.0. The number of rotatable bonds is 3. The van der Waals surface area contributed by atoms with Gasteiger partial charge in [-0.15, -0.1) is 0 Å². The lowest BCUT2D eigenvalue weighted by Crippen LogP contribution is -2.10. The molecule has 202 valence electrons. The summed E-state index contributed by atoms with van der Waals surface area (Å²) in [6.07, 6.45) is 0. The molecule has 0 aliphatic carbocycles. The van der Waals surface area contributed by atoms with Gasteiger partial charge in [0, 0.05) is 32.9 Å². The van der Waals surface area contributed by atoms with Crippen LogP contribution in [0.25, 0.3) is 66.1 Å². The third kappa shape index (κ3) is 3.79. The largest absolute Gasteiger partial charge is 0.309 e. The average molecular weight is 549 g/mol. The molecule has 0 aliphatic rings. The molecule has 0 spiro atoms. The Kier molecular flexibility index (Phi) is 3.88. The zero-order valence-corrected chi connectivity index (χ0v) is 23.6. The molecule has 0 fully saturated rings. The molecule has 0 atom stereocenters. The molecule has 0 aliphatic heterocycles. The molecule has 6 aromatic carbocycles. The molecule has 0 saturated carbocycles. The number of hydrogen-bond donors (Lipinski definition) is 0. The smallest absolute Gasteiger partial charge is 0.0645 e. The fourth-order valence-electron chi connectivity index (χ4n) is 6.05. The van der Waals surface area contributed by atoms with Crippen molar-refractivity contribution in [3.63, 3.8) is 0 Å². The second-order valence-electron chi connectivity index (χ2n) is 11.7. The Morgan fingerprint density at radius 2 is 1.02 bits per heavy atom. The summed E-state index contributed by atoms with van der Waals surface area (Å²) >= 11 is 0. The Bertz CT molecular complexity index is 2660. The van der Waals surface area contributed by atoms with Gasteiger partial charge in [-0.05, 0) is 76.7 Å². The van der Waals surface area contributed by atoms with Gasteiger partial charge in [0.2, 0.25) is 0 Å². The van der Waals surface area contributed by atoms with E-state index < -0.39 is 24.2 Å². The van der Waals surface area contributed by atoms with E-state index in [0.717, 1.165) is 27.8 Å². The summed E-state index contributed by atoms with van der Waals surface area (Å²) in [6, 6.07) is 27.6. The number of benzene rings is 6. The van der Waals surface area contributed by atoms with Gasteiger partial charge in [-0.3, -0.25) is 0 Å². The maximum Gasteiger partial charge on any atom is 0.0645 e. The van der Waals surface area contributed by atoms with E-state index in [9.17, 15) is 0 Å². The van der Waals surface area contributed by atoms with E-state index in [1.54, 1.807) is 10.6 Å². The van der Waals surface area contributed by atoms with Crippen LogP contribution in [0, 0.1) is 0 Å². The van der Waals surface area contributed by atoms with Crippen LogP contribution in [-0.2, 0) is 5.41 Å². The van der Waals surface area contributed by atoms with Crippen LogP contribution in [-0.4, -0.2) is 9.13 Å². The fourth-order valence-corrected chi connectivity index (χ4v) is 6.05. The molecule has 0 unspecified atom stereocenters. The van der Waals surface area contributed by atoms with E-state index in [4.69, 9.17) is 11.0 Å². The van der Waals surface area contributed by atoms with Gasteiger partial charge in [0.25, 0.3) is 0 Å². The van der Waals surface area contributed by atoms with E-state index in [1.165, 1.54) is 16.3 Å². The van der Waals surface area contributed by atoms with E-state index in [2.05, 4.69) is 73.9 Å². The predicted molar refractivity (Wildman–Crippen MR) is 179 cm³/mol. The highest BCUT2D eigenvalue weighted by Crippen LogP contribution is 2.37. The first-order chi connectivity index (χ1) is 23.8. The summed E-state index contributed by atoms with van der Waals surface area (Å²) in [5, 5.41) is 2.47.